The van der Waals surface area contributed by atoms with Crippen LogP contribution in [0.25, 0.3) is 5.52 Å². The molecule has 26 heavy (non-hydrogen) atoms. The van der Waals surface area contributed by atoms with Crippen molar-refractivity contribution in [3.8, 4) is 5.75 Å². The van der Waals surface area contributed by atoms with Crippen molar-refractivity contribution >= 4 is 27.1 Å². The number of amides is 1. The summed E-state index contributed by atoms with van der Waals surface area (Å²) in [7, 11) is -2.09. The Bertz CT molecular complexity index is 1030. The highest BCUT2D eigenvalue weighted by Crippen LogP contribution is 2.14. The van der Waals surface area contributed by atoms with E-state index in [1.54, 1.807) is 59.4 Å². The van der Waals surface area contributed by atoms with E-state index in [4.69, 9.17) is 4.74 Å². The Morgan fingerprint density at radius 3 is 2.88 bits per heavy atom. The van der Waals surface area contributed by atoms with Crippen LogP contribution in [0.2, 0.25) is 0 Å². The Morgan fingerprint density at radius 1 is 1.23 bits per heavy atom. The van der Waals surface area contributed by atoms with Crippen LogP contribution in [0.4, 0.5) is 5.69 Å². The van der Waals surface area contributed by atoms with E-state index in [2.05, 4.69) is 15.1 Å². The average molecular weight is 374 g/mol. The van der Waals surface area contributed by atoms with Gasteiger partial charge in [-0.3, -0.25) is 9.52 Å². The van der Waals surface area contributed by atoms with Gasteiger partial charge in [-0.1, -0.05) is 6.07 Å². The number of hydrogen-bond acceptors (Lipinski definition) is 5. The van der Waals surface area contributed by atoms with E-state index in [-0.39, 0.29) is 18.2 Å². The maximum atomic E-state index is 12.2. The van der Waals surface area contributed by atoms with Crippen LogP contribution in [0.3, 0.4) is 0 Å². The minimum absolute atomic E-state index is 0.0136. The van der Waals surface area contributed by atoms with Gasteiger partial charge in [-0.2, -0.15) is 5.10 Å². The number of sulfonamides is 1. The SMILES string of the molecule is COc1cccc(C(=O)NCCS(=O)(=O)Nc2ccn3nccc3c2)c1. The zero-order valence-corrected chi connectivity index (χ0v) is 14.9. The Labute approximate surface area is 150 Å². The summed E-state index contributed by atoms with van der Waals surface area (Å²) in [6, 6.07) is 11.7. The third kappa shape index (κ3) is 4.31. The molecule has 0 fully saturated rings. The highest BCUT2D eigenvalue weighted by atomic mass is 32.2. The van der Waals surface area contributed by atoms with Gasteiger partial charge in [0, 0.05) is 24.5 Å². The van der Waals surface area contributed by atoms with Crippen LogP contribution in [-0.2, 0) is 10.0 Å². The number of carbonyl (C=O) groups is 1. The molecule has 2 N–H and O–H groups in total. The lowest BCUT2D eigenvalue weighted by molar-refractivity contribution is 0.0956. The van der Waals surface area contributed by atoms with E-state index in [0.29, 0.717) is 17.0 Å². The van der Waals surface area contributed by atoms with Crippen LogP contribution in [0, 0.1) is 0 Å². The zero-order valence-electron chi connectivity index (χ0n) is 14.0. The maximum absolute atomic E-state index is 12.2. The number of carbonyl (C=O) groups excluding carboxylic acids is 1. The molecule has 1 amide bonds. The predicted octanol–water partition coefficient (Wildman–Crippen LogP) is 1.51. The Morgan fingerprint density at radius 2 is 2.08 bits per heavy atom. The van der Waals surface area contributed by atoms with Gasteiger partial charge in [0.05, 0.1) is 24.1 Å². The van der Waals surface area contributed by atoms with Crippen molar-refractivity contribution in [2.75, 3.05) is 24.1 Å². The molecule has 1 aromatic carbocycles. The van der Waals surface area contributed by atoms with Gasteiger partial charge in [0.2, 0.25) is 10.0 Å². The van der Waals surface area contributed by atoms with E-state index in [1.807, 2.05) is 0 Å². The molecule has 2 aromatic heterocycles. The normalized spacial score (nSPS) is 11.3. The number of methoxy groups -OCH3 is 1. The van der Waals surface area contributed by atoms with E-state index in [0.717, 1.165) is 5.52 Å². The molecular weight excluding hydrogens is 356 g/mol. The lowest BCUT2D eigenvalue weighted by atomic mass is 10.2. The highest BCUT2D eigenvalue weighted by Gasteiger charge is 2.13. The molecule has 3 aromatic rings. The van der Waals surface area contributed by atoms with Crippen LogP contribution in [-0.4, -0.2) is 43.3 Å². The first kappa shape index (κ1) is 17.7. The molecule has 0 unspecified atom stereocenters. The number of benzene rings is 1. The molecule has 0 aliphatic heterocycles. The van der Waals surface area contributed by atoms with Crippen molar-refractivity contribution in [1.29, 1.82) is 0 Å². The lowest BCUT2D eigenvalue weighted by Crippen LogP contribution is -2.31. The number of ether oxygens (including phenoxy) is 1. The van der Waals surface area contributed by atoms with E-state index < -0.39 is 10.0 Å². The molecule has 8 nitrogen and oxygen atoms in total. The summed E-state index contributed by atoms with van der Waals surface area (Å²) in [6.07, 6.45) is 3.29. The van der Waals surface area contributed by atoms with E-state index >= 15 is 0 Å². The molecule has 136 valence electrons. The second-order valence-electron chi connectivity index (χ2n) is 5.52. The monoisotopic (exact) mass is 374 g/mol. The van der Waals surface area contributed by atoms with Crippen LogP contribution in [0.5, 0.6) is 5.75 Å². The number of pyridine rings is 1. The molecular formula is C17H18N4O4S. The second kappa shape index (κ2) is 7.44. The van der Waals surface area contributed by atoms with Gasteiger partial charge >= 0.3 is 0 Å². The molecule has 9 heteroatoms. The summed E-state index contributed by atoms with van der Waals surface area (Å²) < 4.78 is 33.6. The third-order valence-electron chi connectivity index (χ3n) is 3.66. The van der Waals surface area contributed by atoms with Crippen molar-refractivity contribution < 1.29 is 17.9 Å². The Hall–Kier alpha value is -3.07. The summed E-state index contributed by atoms with van der Waals surface area (Å²) in [5, 5.41) is 6.64. The molecule has 0 aliphatic carbocycles. The first-order valence-corrected chi connectivity index (χ1v) is 9.48. The Balaban J connectivity index is 1.56. The topological polar surface area (TPSA) is 102 Å². The maximum Gasteiger partial charge on any atom is 0.251 e. The second-order valence-corrected chi connectivity index (χ2v) is 7.37. The number of fused-ring (bicyclic) bond motifs is 1. The molecule has 0 aliphatic rings. The van der Waals surface area contributed by atoms with Crippen LogP contribution < -0.4 is 14.8 Å². The molecule has 0 saturated carbocycles. The molecule has 0 radical (unpaired) electrons. The fraction of sp³-hybridized carbons (Fsp3) is 0.176. The van der Waals surface area contributed by atoms with Gasteiger partial charge in [0.25, 0.3) is 5.91 Å². The molecule has 3 rings (SSSR count). The fourth-order valence-corrected chi connectivity index (χ4v) is 3.34. The first-order valence-electron chi connectivity index (χ1n) is 7.83. The van der Waals surface area contributed by atoms with E-state index in [9.17, 15) is 13.2 Å². The van der Waals surface area contributed by atoms with Gasteiger partial charge in [-0.05, 0) is 36.4 Å². The molecule has 0 spiro atoms. The van der Waals surface area contributed by atoms with E-state index in [1.165, 1.54) is 7.11 Å². The highest BCUT2D eigenvalue weighted by molar-refractivity contribution is 7.92. The van der Waals surface area contributed by atoms with Gasteiger partial charge in [0.15, 0.2) is 0 Å². The van der Waals surface area contributed by atoms with Crippen molar-refractivity contribution in [2.45, 2.75) is 0 Å². The van der Waals surface area contributed by atoms with Crippen LogP contribution in [0.1, 0.15) is 10.4 Å². The summed E-state index contributed by atoms with van der Waals surface area (Å²) in [5.74, 6) is -0.0466. The molecule has 0 atom stereocenters. The standard InChI is InChI=1S/C17H18N4O4S/c1-25-16-4-2-3-13(11-16)17(22)18-8-10-26(23,24)20-14-6-9-21-15(12-14)5-7-19-21/h2-7,9,11-12,20H,8,10H2,1H3,(H,18,22). The largest absolute Gasteiger partial charge is 0.497 e. The number of aromatic nitrogens is 2. The number of nitrogens with zero attached hydrogens (tertiary/aromatic N) is 2. The molecule has 0 saturated heterocycles. The minimum Gasteiger partial charge on any atom is -0.497 e. The van der Waals surface area contributed by atoms with Gasteiger partial charge in [-0.25, -0.2) is 12.9 Å². The summed E-state index contributed by atoms with van der Waals surface area (Å²) in [5.41, 5.74) is 1.62. The number of hydrogen-bond donors (Lipinski definition) is 2. The quantitative estimate of drug-likeness (QED) is 0.653. The lowest BCUT2D eigenvalue weighted by Gasteiger charge is -2.10. The van der Waals surface area contributed by atoms with Crippen molar-refractivity contribution in [2.24, 2.45) is 0 Å². The Kier molecular flexibility index (Phi) is 5.08. The summed E-state index contributed by atoms with van der Waals surface area (Å²) in [4.78, 5) is 12.1. The van der Waals surface area contributed by atoms with Crippen LogP contribution in [0.15, 0.2) is 54.9 Å². The smallest absolute Gasteiger partial charge is 0.251 e. The number of nitrogens with one attached hydrogen (secondary N) is 2. The average Bonchev–Trinajstić information content (AvgIpc) is 3.09. The zero-order chi connectivity index (χ0) is 18.6. The summed E-state index contributed by atoms with van der Waals surface area (Å²) in [6.45, 7) is -0.0136. The fourth-order valence-electron chi connectivity index (χ4n) is 2.38. The van der Waals surface area contributed by atoms with Crippen molar-refractivity contribution in [3.05, 3.63) is 60.4 Å². The van der Waals surface area contributed by atoms with Crippen LogP contribution >= 0.6 is 0 Å². The summed E-state index contributed by atoms with van der Waals surface area (Å²) >= 11 is 0. The van der Waals surface area contributed by atoms with Crippen molar-refractivity contribution in [3.63, 3.8) is 0 Å². The number of rotatable bonds is 7. The third-order valence-corrected chi connectivity index (χ3v) is 4.95. The van der Waals surface area contributed by atoms with Gasteiger partial charge in [-0.15, -0.1) is 0 Å². The molecule has 0 bridgehead atoms. The number of anilines is 1. The van der Waals surface area contributed by atoms with Gasteiger partial charge < -0.3 is 10.1 Å². The predicted molar refractivity (Wildman–Crippen MR) is 97.9 cm³/mol. The minimum atomic E-state index is -3.60. The van der Waals surface area contributed by atoms with Crippen molar-refractivity contribution in [1.82, 2.24) is 14.9 Å². The van der Waals surface area contributed by atoms with Gasteiger partial charge in [0.1, 0.15) is 5.75 Å². The molecule has 2 heterocycles. The first-order chi connectivity index (χ1) is 12.5.